The Morgan fingerprint density at radius 2 is 2.16 bits per heavy atom. The van der Waals surface area contributed by atoms with Crippen molar-refractivity contribution in [2.45, 2.75) is 25.8 Å². The molecule has 0 spiro atoms. The maximum Gasteiger partial charge on any atom is 0.272 e. The largest absolute Gasteiger partial charge is 0.463 e. The normalized spacial score (nSPS) is 15.1. The average Bonchev–Trinajstić information content (AvgIpc) is 3.13. The maximum atomic E-state index is 12.6. The smallest absolute Gasteiger partial charge is 0.272 e. The van der Waals surface area contributed by atoms with E-state index in [4.69, 9.17) is 16.0 Å². The molecule has 1 aromatic carbocycles. The number of carbonyl (C=O) groups excluding carboxylic acids is 1. The summed E-state index contributed by atoms with van der Waals surface area (Å²) in [6, 6.07) is 12.9. The summed E-state index contributed by atoms with van der Waals surface area (Å²) in [7, 11) is 0. The third-order valence-corrected chi connectivity index (χ3v) is 4.69. The molecule has 0 aliphatic heterocycles. The van der Waals surface area contributed by atoms with E-state index in [0.29, 0.717) is 28.1 Å². The van der Waals surface area contributed by atoms with Gasteiger partial charge in [-0.25, -0.2) is 4.68 Å². The van der Waals surface area contributed by atoms with Crippen LogP contribution in [0, 0.1) is 5.92 Å². The summed E-state index contributed by atoms with van der Waals surface area (Å²) in [5.74, 6) is 1.05. The Morgan fingerprint density at radius 1 is 1.32 bits per heavy atom. The van der Waals surface area contributed by atoms with Crippen molar-refractivity contribution in [3.63, 3.8) is 0 Å². The molecule has 0 bridgehead atoms. The molecule has 0 saturated heterocycles. The van der Waals surface area contributed by atoms with E-state index >= 15 is 0 Å². The molecule has 1 N–H and O–H groups in total. The quantitative estimate of drug-likeness (QED) is 0.741. The lowest BCUT2D eigenvalue weighted by molar-refractivity contribution is 0.0930. The number of nitrogens with one attached hydrogen (secondary N) is 1. The first-order valence-corrected chi connectivity index (χ1v) is 8.70. The number of benzene rings is 1. The first-order valence-electron chi connectivity index (χ1n) is 8.32. The zero-order valence-corrected chi connectivity index (χ0v) is 14.5. The minimum Gasteiger partial charge on any atom is -0.463 e. The highest BCUT2D eigenvalue weighted by Gasteiger charge is 2.30. The SMILES string of the molecule is C[C@@H](NC(=O)c1cc(-c2ccco2)n(-c2cccc(Cl)c2)n1)C1CC1. The minimum absolute atomic E-state index is 0.163. The summed E-state index contributed by atoms with van der Waals surface area (Å²) in [5, 5.41) is 8.14. The zero-order valence-electron chi connectivity index (χ0n) is 13.8. The van der Waals surface area contributed by atoms with Crippen LogP contribution in [-0.4, -0.2) is 21.7 Å². The Morgan fingerprint density at radius 3 is 2.84 bits per heavy atom. The Kier molecular flexibility index (Phi) is 4.09. The number of rotatable bonds is 5. The fourth-order valence-electron chi connectivity index (χ4n) is 2.89. The van der Waals surface area contributed by atoms with Gasteiger partial charge in [-0.3, -0.25) is 4.79 Å². The van der Waals surface area contributed by atoms with Gasteiger partial charge in [-0.05, 0) is 56.0 Å². The van der Waals surface area contributed by atoms with E-state index in [2.05, 4.69) is 10.4 Å². The van der Waals surface area contributed by atoms with Gasteiger partial charge in [0, 0.05) is 17.1 Å². The molecule has 0 unspecified atom stereocenters. The molecular formula is C19H18ClN3O2. The fourth-order valence-corrected chi connectivity index (χ4v) is 3.08. The van der Waals surface area contributed by atoms with E-state index in [1.807, 2.05) is 25.1 Å². The maximum absolute atomic E-state index is 12.6. The molecule has 2 aromatic heterocycles. The highest BCUT2D eigenvalue weighted by atomic mass is 35.5. The van der Waals surface area contributed by atoms with Gasteiger partial charge in [-0.1, -0.05) is 17.7 Å². The molecule has 0 radical (unpaired) electrons. The summed E-state index contributed by atoms with van der Waals surface area (Å²) < 4.78 is 7.19. The Bertz CT molecular complexity index is 897. The van der Waals surface area contributed by atoms with Gasteiger partial charge in [-0.2, -0.15) is 5.10 Å². The highest BCUT2D eigenvalue weighted by molar-refractivity contribution is 6.30. The van der Waals surface area contributed by atoms with Crippen molar-refractivity contribution in [3.05, 3.63) is 59.4 Å². The molecule has 2 heterocycles. The van der Waals surface area contributed by atoms with Crippen LogP contribution in [0.1, 0.15) is 30.3 Å². The van der Waals surface area contributed by atoms with Crippen molar-refractivity contribution < 1.29 is 9.21 Å². The third kappa shape index (κ3) is 3.33. The number of carbonyl (C=O) groups is 1. The standard InChI is InChI=1S/C19H18ClN3O2/c1-12(13-7-8-13)21-19(24)16-11-17(18-6-3-9-25-18)23(22-16)15-5-2-4-14(20)10-15/h2-6,9-13H,7-8H2,1H3,(H,21,24)/t12-/m1/s1. The number of halogens is 1. The molecule has 1 aliphatic rings. The first kappa shape index (κ1) is 16.0. The van der Waals surface area contributed by atoms with Crippen LogP contribution < -0.4 is 5.32 Å². The van der Waals surface area contributed by atoms with Crippen molar-refractivity contribution in [2.24, 2.45) is 5.92 Å². The van der Waals surface area contributed by atoms with Gasteiger partial charge in [0.15, 0.2) is 11.5 Å². The molecule has 4 rings (SSSR count). The fraction of sp³-hybridized carbons (Fsp3) is 0.263. The molecule has 128 valence electrons. The van der Waals surface area contributed by atoms with Gasteiger partial charge >= 0.3 is 0 Å². The molecule has 25 heavy (non-hydrogen) atoms. The van der Waals surface area contributed by atoms with E-state index in [0.717, 1.165) is 5.69 Å². The van der Waals surface area contributed by atoms with E-state index in [1.54, 1.807) is 35.2 Å². The Hall–Kier alpha value is -2.53. The highest BCUT2D eigenvalue weighted by Crippen LogP contribution is 2.32. The van der Waals surface area contributed by atoms with Gasteiger partial charge in [-0.15, -0.1) is 0 Å². The lowest BCUT2D eigenvalue weighted by Crippen LogP contribution is -2.34. The molecule has 6 heteroatoms. The molecular weight excluding hydrogens is 338 g/mol. The molecule has 1 saturated carbocycles. The summed E-state index contributed by atoms with van der Waals surface area (Å²) in [6.07, 6.45) is 3.95. The van der Waals surface area contributed by atoms with Crippen LogP contribution in [0.15, 0.2) is 53.1 Å². The summed E-state index contributed by atoms with van der Waals surface area (Å²) in [5.41, 5.74) is 1.84. The molecule has 1 atom stereocenters. The number of nitrogens with zero attached hydrogens (tertiary/aromatic N) is 2. The zero-order chi connectivity index (χ0) is 17.4. The topological polar surface area (TPSA) is 60.1 Å². The van der Waals surface area contributed by atoms with Crippen LogP contribution in [0.4, 0.5) is 0 Å². The average molecular weight is 356 g/mol. The Balaban J connectivity index is 1.72. The minimum atomic E-state index is -0.173. The van der Waals surface area contributed by atoms with E-state index in [1.165, 1.54) is 12.8 Å². The predicted molar refractivity (Wildman–Crippen MR) is 95.9 cm³/mol. The second-order valence-electron chi connectivity index (χ2n) is 6.38. The van der Waals surface area contributed by atoms with Crippen LogP contribution in [0.3, 0.4) is 0 Å². The van der Waals surface area contributed by atoms with Crippen molar-refractivity contribution in [3.8, 4) is 17.1 Å². The van der Waals surface area contributed by atoms with Crippen LogP contribution in [0.25, 0.3) is 17.1 Å². The van der Waals surface area contributed by atoms with Crippen LogP contribution in [-0.2, 0) is 0 Å². The van der Waals surface area contributed by atoms with Crippen molar-refractivity contribution in [1.29, 1.82) is 0 Å². The molecule has 1 aliphatic carbocycles. The summed E-state index contributed by atoms with van der Waals surface area (Å²) in [6.45, 7) is 2.04. The van der Waals surface area contributed by atoms with Crippen LogP contribution >= 0.6 is 11.6 Å². The number of hydrogen-bond acceptors (Lipinski definition) is 3. The van der Waals surface area contributed by atoms with E-state index in [-0.39, 0.29) is 11.9 Å². The van der Waals surface area contributed by atoms with Gasteiger partial charge < -0.3 is 9.73 Å². The van der Waals surface area contributed by atoms with Crippen LogP contribution in [0.5, 0.6) is 0 Å². The van der Waals surface area contributed by atoms with Gasteiger partial charge in [0.2, 0.25) is 0 Å². The lowest BCUT2D eigenvalue weighted by Gasteiger charge is -2.11. The second kappa shape index (κ2) is 6.41. The monoisotopic (exact) mass is 355 g/mol. The number of amides is 1. The van der Waals surface area contributed by atoms with E-state index in [9.17, 15) is 4.79 Å². The van der Waals surface area contributed by atoms with Gasteiger partial charge in [0.25, 0.3) is 5.91 Å². The first-order chi connectivity index (χ1) is 12.1. The Labute approximate surface area is 150 Å². The predicted octanol–water partition coefficient (Wildman–Crippen LogP) is 4.31. The molecule has 1 fully saturated rings. The van der Waals surface area contributed by atoms with E-state index < -0.39 is 0 Å². The number of aromatic nitrogens is 2. The van der Waals surface area contributed by atoms with Crippen molar-refractivity contribution in [2.75, 3.05) is 0 Å². The van der Waals surface area contributed by atoms with Crippen molar-refractivity contribution in [1.82, 2.24) is 15.1 Å². The third-order valence-electron chi connectivity index (χ3n) is 4.46. The van der Waals surface area contributed by atoms with Crippen molar-refractivity contribution >= 4 is 17.5 Å². The lowest BCUT2D eigenvalue weighted by atomic mass is 10.2. The van der Waals surface area contributed by atoms with Gasteiger partial charge in [0.1, 0.15) is 5.69 Å². The number of furan rings is 1. The number of hydrogen-bond donors (Lipinski definition) is 1. The van der Waals surface area contributed by atoms with Crippen LogP contribution in [0.2, 0.25) is 5.02 Å². The summed E-state index contributed by atoms with van der Waals surface area (Å²) >= 11 is 6.11. The second-order valence-corrected chi connectivity index (χ2v) is 6.82. The summed E-state index contributed by atoms with van der Waals surface area (Å²) in [4.78, 5) is 12.6. The van der Waals surface area contributed by atoms with Gasteiger partial charge in [0.05, 0.1) is 12.0 Å². The molecule has 1 amide bonds. The molecule has 5 nitrogen and oxygen atoms in total. The molecule has 3 aromatic rings.